The van der Waals surface area contributed by atoms with E-state index in [1.165, 1.54) is 11.3 Å². The van der Waals surface area contributed by atoms with Crippen molar-refractivity contribution in [3.05, 3.63) is 45.9 Å². The Bertz CT molecular complexity index is 849. The second-order valence-corrected chi connectivity index (χ2v) is 10.8. The van der Waals surface area contributed by atoms with Gasteiger partial charge in [-0.05, 0) is 51.3 Å². The Balaban J connectivity index is 2.12. The van der Waals surface area contributed by atoms with Crippen molar-refractivity contribution in [2.75, 3.05) is 5.32 Å². The average molecular weight is 381 g/mol. The van der Waals surface area contributed by atoms with Crippen molar-refractivity contribution in [1.29, 1.82) is 0 Å². The molecule has 0 aliphatic carbocycles. The number of aryl methyl sites for hydroxylation is 1. The van der Waals surface area contributed by atoms with Crippen LogP contribution in [-0.2, 0) is 22.0 Å². The van der Waals surface area contributed by atoms with Crippen LogP contribution in [0.5, 0.6) is 0 Å². The van der Waals surface area contributed by atoms with Gasteiger partial charge in [-0.2, -0.15) is 0 Å². The van der Waals surface area contributed by atoms with Gasteiger partial charge in [0.15, 0.2) is 9.84 Å². The highest BCUT2D eigenvalue weighted by Crippen LogP contribution is 2.23. The topological polar surface area (TPSA) is 76.1 Å². The van der Waals surface area contributed by atoms with Gasteiger partial charge in [0.1, 0.15) is 4.88 Å². The fourth-order valence-corrected chi connectivity index (χ4v) is 4.08. The number of thiazole rings is 1. The molecule has 1 heterocycles. The number of benzene rings is 1. The Morgan fingerprint density at radius 3 is 2.64 bits per heavy atom. The lowest BCUT2D eigenvalue weighted by atomic mass is 10.2. The molecule has 5 nitrogen and oxygen atoms in total. The quantitative estimate of drug-likeness (QED) is 0.820. The number of hydrogen-bond acceptors (Lipinski definition) is 5. The fraction of sp³-hybridized carbons (Fsp3) is 0.444. The van der Waals surface area contributed by atoms with E-state index in [4.69, 9.17) is 0 Å². The zero-order valence-corrected chi connectivity index (χ0v) is 16.6. The Morgan fingerprint density at radius 2 is 2.00 bits per heavy atom. The smallest absolute Gasteiger partial charge is 0.267 e. The van der Waals surface area contributed by atoms with Crippen molar-refractivity contribution in [3.63, 3.8) is 0 Å². The first-order chi connectivity index (χ1) is 11.6. The maximum atomic E-state index is 12.3. The molecule has 0 saturated carbocycles. The van der Waals surface area contributed by atoms with Gasteiger partial charge in [0.05, 0.1) is 21.7 Å². The van der Waals surface area contributed by atoms with Crippen LogP contribution in [-0.4, -0.2) is 24.1 Å². The SMILES string of the molecule is CCCc1ncc(C(=O)Nc2cccc(CS(=O)(=O)C(C)(C)C)c2)s1. The number of sulfone groups is 1. The molecule has 0 atom stereocenters. The Morgan fingerprint density at radius 1 is 1.28 bits per heavy atom. The van der Waals surface area contributed by atoms with E-state index < -0.39 is 14.6 Å². The molecule has 0 aliphatic rings. The molecule has 1 N–H and O–H groups in total. The maximum Gasteiger partial charge on any atom is 0.267 e. The number of rotatable bonds is 6. The molecule has 2 aromatic rings. The van der Waals surface area contributed by atoms with Crippen molar-refractivity contribution in [2.45, 2.75) is 51.0 Å². The van der Waals surface area contributed by atoms with Crippen LogP contribution in [0.4, 0.5) is 5.69 Å². The summed E-state index contributed by atoms with van der Waals surface area (Å²) in [5, 5.41) is 3.76. The van der Waals surface area contributed by atoms with E-state index >= 15 is 0 Å². The molecular formula is C18H24N2O3S2. The Hall–Kier alpha value is -1.73. The van der Waals surface area contributed by atoms with Crippen LogP contribution >= 0.6 is 11.3 Å². The summed E-state index contributed by atoms with van der Waals surface area (Å²) in [6.07, 6.45) is 3.43. The molecule has 2 rings (SSSR count). The lowest BCUT2D eigenvalue weighted by molar-refractivity contribution is 0.103. The van der Waals surface area contributed by atoms with Gasteiger partial charge in [-0.1, -0.05) is 19.1 Å². The molecule has 0 fully saturated rings. The summed E-state index contributed by atoms with van der Waals surface area (Å²) in [4.78, 5) is 17.1. The molecule has 0 radical (unpaired) electrons. The second kappa shape index (κ2) is 7.66. The third-order valence-corrected chi connectivity index (χ3v) is 7.35. The number of anilines is 1. The van der Waals surface area contributed by atoms with Crippen LogP contribution in [0.15, 0.2) is 30.5 Å². The minimum atomic E-state index is -3.27. The first-order valence-electron chi connectivity index (χ1n) is 8.19. The van der Waals surface area contributed by atoms with E-state index in [1.807, 2.05) is 0 Å². The molecular weight excluding hydrogens is 356 g/mol. The van der Waals surface area contributed by atoms with Crippen LogP contribution in [0.25, 0.3) is 0 Å². The number of hydrogen-bond donors (Lipinski definition) is 1. The molecule has 1 aromatic carbocycles. The molecule has 0 spiro atoms. The molecule has 0 saturated heterocycles. The maximum absolute atomic E-state index is 12.3. The number of amides is 1. The average Bonchev–Trinajstić information content (AvgIpc) is 2.95. The summed E-state index contributed by atoms with van der Waals surface area (Å²) in [5.74, 6) is -0.280. The first-order valence-corrected chi connectivity index (χ1v) is 10.7. The van der Waals surface area contributed by atoms with Crippen LogP contribution in [0, 0.1) is 0 Å². The predicted octanol–water partition coefficient (Wildman–Crippen LogP) is 4.06. The minimum Gasteiger partial charge on any atom is -0.321 e. The summed E-state index contributed by atoms with van der Waals surface area (Å²) < 4.78 is 23.9. The standard InChI is InChI=1S/C18H24N2O3S2/c1-5-7-16-19-11-15(24-16)17(21)20-14-9-6-8-13(10-14)12-25(22,23)18(2,3)4/h6,8-11H,5,7,12H2,1-4H3,(H,20,21). The number of nitrogens with one attached hydrogen (secondary N) is 1. The number of nitrogens with zero attached hydrogens (tertiary/aromatic N) is 1. The van der Waals surface area contributed by atoms with Gasteiger partial charge in [-0.25, -0.2) is 13.4 Å². The molecule has 1 aromatic heterocycles. The highest BCUT2D eigenvalue weighted by Gasteiger charge is 2.29. The van der Waals surface area contributed by atoms with Gasteiger partial charge in [0, 0.05) is 5.69 Å². The van der Waals surface area contributed by atoms with E-state index in [1.54, 1.807) is 51.2 Å². The van der Waals surface area contributed by atoms with E-state index in [0.717, 1.165) is 17.8 Å². The van der Waals surface area contributed by atoms with E-state index in [9.17, 15) is 13.2 Å². The predicted molar refractivity (Wildman–Crippen MR) is 103 cm³/mol. The lowest BCUT2D eigenvalue weighted by Crippen LogP contribution is -2.29. The highest BCUT2D eigenvalue weighted by atomic mass is 32.2. The second-order valence-electron chi connectivity index (χ2n) is 6.89. The van der Waals surface area contributed by atoms with Crippen molar-refractivity contribution in [1.82, 2.24) is 4.98 Å². The van der Waals surface area contributed by atoms with E-state index in [0.29, 0.717) is 16.1 Å². The van der Waals surface area contributed by atoms with Gasteiger partial charge >= 0.3 is 0 Å². The normalized spacial score (nSPS) is 12.2. The molecule has 7 heteroatoms. The number of carbonyl (C=O) groups excluding carboxylic acids is 1. The Labute approximate surface area is 153 Å². The van der Waals surface area contributed by atoms with E-state index in [2.05, 4.69) is 17.2 Å². The van der Waals surface area contributed by atoms with Crippen molar-refractivity contribution in [2.24, 2.45) is 0 Å². The van der Waals surface area contributed by atoms with Gasteiger partial charge in [-0.3, -0.25) is 4.79 Å². The van der Waals surface area contributed by atoms with Gasteiger partial charge < -0.3 is 5.32 Å². The lowest BCUT2D eigenvalue weighted by Gasteiger charge is -2.19. The first kappa shape index (κ1) is 19.6. The summed E-state index contributed by atoms with van der Waals surface area (Å²) in [6.45, 7) is 7.13. The summed E-state index contributed by atoms with van der Waals surface area (Å²) in [5.41, 5.74) is 1.24. The third kappa shape index (κ3) is 5.12. The monoisotopic (exact) mass is 380 g/mol. The van der Waals surface area contributed by atoms with Crippen LogP contribution in [0.2, 0.25) is 0 Å². The highest BCUT2D eigenvalue weighted by molar-refractivity contribution is 7.91. The molecule has 136 valence electrons. The third-order valence-electron chi connectivity index (χ3n) is 3.72. The van der Waals surface area contributed by atoms with Crippen LogP contribution in [0.3, 0.4) is 0 Å². The van der Waals surface area contributed by atoms with Gasteiger partial charge in [-0.15, -0.1) is 11.3 Å². The summed E-state index contributed by atoms with van der Waals surface area (Å²) >= 11 is 1.38. The fourth-order valence-electron chi connectivity index (χ4n) is 2.11. The van der Waals surface area contributed by atoms with Gasteiger partial charge in [0.25, 0.3) is 5.91 Å². The zero-order valence-electron chi connectivity index (χ0n) is 15.0. The molecule has 0 bridgehead atoms. The number of aromatic nitrogens is 1. The Kier molecular flexibility index (Phi) is 6.00. The molecule has 25 heavy (non-hydrogen) atoms. The van der Waals surface area contributed by atoms with Crippen molar-refractivity contribution in [3.8, 4) is 0 Å². The minimum absolute atomic E-state index is 0.0542. The summed E-state index contributed by atoms with van der Waals surface area (Å²) in [7, 11) is -3.27. The van der Waals surface area contributed by atoms with Crippen LogP contribution in [0.1, 0.15) is 54.4 Å². The molecule has 0 unspecified atom stereocenters. The zero-order chi connectivity index (χ0) is 18.7. The summed E-state index contributed by atoms with van der Waals surface area (Å²) in [6, 6.07) is 6.96. The van der Waals surface area contributed by atoms with Gasteiger partial charge in [0.2, 0.25) is 0 Å². The largest absolute Gasteiger partial charge is 0.321 e. The van der Waals surface area contributed by atoms with Crippen molar-refractivity contribution >= 4 is 32.8 Å². The molecule has 0 aliphatic heterocycles. The van der Waals surface area contributed by atoms with Crippen LogP contribution < -0.4 is 5.32 Å². The van der Waals surface area contributed by atoms with E-state index in [-0.39, 0.29) is 11.7 Å². The van der Waals surface area contributed by atoms with Crippen molar-refractivity contribution < 1.29 is 13.2 Å². The molecule has 1 amide bonds. The number of carbonyl (C=O) groups is 1.